The molecule has 0 aromatic heterocycles. The number of hydrogen-bond donors (Lipinski definition) is 0. The first-order valence-electron chi connectivity index (χ1n) is 9.87. The Labute approximate surface area is 138 Å². The smallest absolute Gasteiger partial charge is 0.0135 e. The molecule has 3 rings (SSSR count). The van der Waals surface area contributed by atoms with E-state index in [1.807, 2.05) is 11.1 Å². The van der Waals surface area contributed by atoms with Gasteiger partial charge in [-0.05, 0) is 75.7 Å². The number of likely N-dealkylation sites (tertiary alicyclic amines) is 1. The highest BCUT2D eigenvalue weighted by Crippen LogP contribution is 2.61. The maximum Gasteiger partial charge on any atom is 0.0135 e. The van der Waals surface area contributed by atoms with Crippen molar-refractivity contribution in [2.45, 2.75) is 92.2 Å². The quantitative estimate of drug-likeness (QED) is 0.608. The summed E-state index contributed by atoms with van der Waals surface area (Å²) in [6, 6.07) is 1.59. The summed E-state index contributed by atoms with van der Waals surface area (Å²) >= 11 is 0. The summed E-state index contributed by atoms with van der Waals surface area (Å²) in [6.07, 6.45) is 8.67. The molecular formula is C21H37N. The molecule has 0 aromatic carbocycles. The van der Waals surface area contributed by atoms with Gasteiger partial charge >= 0.3 is 0 Å². The first-order chi connectivity index (χ1) is 10.4. The number of allylic oxidation sites excluding steroid dienone is 2. The molecule has 2 aliphatic carbocycles. The minimum Gasteiger partial charge on any atom is -0.298 e. The van der Waals surface area contributed by atoms with Gasteiger partial charge in [-0.15, -0.1) is 0 Å². The van der Waals surface area contributed by atoms with E-state index in [1.165, 1.54) is 45.1 Å². The molecule has 0 unspecified atom stereocenters. The Balaban J connectivity index is 2.00. The second-order valence-electron chi connectivity index (χ2n) is 9.09. The maximum absolute atomic E-state index is 2.84. The summed E-state index contributed by atoms with van der Waals surface area (Å²) in [4.78, 5) is 2.84. The minimum absolute atomic E-state index is 0.570. The van der Waals surface area contributed by atoms with Gasteiger partial charge < -0.3 is 0 Å². The van der Waals surface area contributed by atoms with Crippen LogP contribution in [0.2, 0.25) is 0 Å². The number of rotatable bonds is 3. The van der Waals surface area contributed by atoms with Crippen LogP contribution in [0.5, 0.6) is 0 Å². The van der Waals surface area contributed by atoms with E-state index in [9.17, 15) is 0 Å². The van der Waals surface area contributed by atoms with Gasteiger partial charge in [0.25, 0.3) is 0 Å². The molecule has 2 fully saturated rings. The molecule has 0 bridgehead atoms. The van der Waals surface area contributed by atoms with Crippen LogP contribution in [0.15, 0.2) is 11.1 Å². The summed E-state index contributed by atoms with van der Waals surface area (Å²) in [5.41, 5.74) is 4.31. The van der Waals surface area contributed by atoms with E-state index >= 15 is 0 Å². The summed E-state index contributed by atoms with van der Waals surface area (Å²) in [7, 11) is 0. The fraction of sp³-hybridized carbons (Fsp3) is 0.905. The molecule has 3 aliphatic rings. The maximum atomic E-state index is 2.84. The lowest BCUT2D eigenvalue weighted by Crippen LogP contribution is -2.54. The molecule has 1 nitrogen and oxygen atoms in total. The molecule has 1 saturated carbocycles. The zero-order chi connectivity index (χ0) is 16.1. The van der Waals surface area contributed by atoms with Crippen molar-refractivity contribution in [1.29, 1.82) is 0 Å². The largest absolute Gasteiger partial charge is 0.298 e. The highest BCUT2D eigenvalue weighted by molar-refractivity contribution is 5.34. The van der Waals surface area contributed by atoms with Crippen LogP contribution in [0.25, 0.3) is 0 Å². The van der Waals surface area contributed by atoms with Crippen LogP contribution >= 0.6 is 0 Å². The van der Waals surface area contributed by atoms with E-state index in [0.29, 0.717) is 5.41 Å². The topological polar surface area (TPSA) is 3.24 Å². The van der Waals surface area contributed by atoms with E-state index in [1.54, 1.807) is 0 Å². The molecule has 1 spiro atoms. The summed E-state index contributed by atoms with van der Waals surface area (Å²) < 4.78 is 0. The second kappa shape index (κ2) is 5.96. The lowest BCUT2D eigenvalue weighted by atomic mass is 9.61. The molecule has 1 heteroatoms. The van der Waals surface area contributed by atoms with Gasteiger partial charge in [0.2, 0.25) is 0 Å². The van der Waals surface area contributed by atoms with Gasteiger partial charge in [-0.3, -0.25) is 4.90 Å². The predicted octanol–water partition coefficient (Wildman–Crippen LogP) is 5.66. The fourth-order valence-corrected chi connectivity index (χ4v) is 6.44. The van der Waals surface area contributed by atoms with Gasteiger partial charge in [-0.1, -0.05) is 45.3 Å². The first-order valence-corrected chi connectivity index (χ1v) is 9.87. The number of fused-ring (bicyclic) bond motifs is 2. The zero-order valence-electron chi connectivity index (χ0n) is 15.8. The first kappa shape index (κ1) is 16.6. The van der Waals surface area contributed by atoms with E-state index in [4.69, 9.17) is 0 Å². The Morgan fingerprint density at radius 3 is 2.27 bits per heavy atom. The molecule has 1 aliphatic heterocycles. The van der Waals surface area contributed by atoms with Crippen LogP contribution in [0.3, 0.4) is 0 Å². The van der Waals surface area contributed by atoms with E-state index < -0.39 is 0 Å². The van der Waals surface area contributed by atoms with Crippen molar-refractivity contribution >= 4 is 0 Å². The lowest BCUT2D eigenvalue weighted by molar-refractivity contribution is -0.00166. The van der Waals surface area contributed by atoms with Crippen LogP contribution in [0.4, 0.5) is 0 Å². The molecule has 126 valence electrons. The average molecular weight is 304 g/mol. The van der Waals surface area contributed by atoms with Crippen molar-refractivity contribution in [1.82, 2.24) is 4.90 Å². The monoisotopic (exact) mass is 303 g/mol. The van der Waals surface area contributed by atoms with E-state index in [-0.39, 0.29) is 0 Å². The predicted molar refractivity (Wildman–Crippen MR) is 96.0 cm³/mol. The molecule has 0 aromatic rings. The fourth-order valence-electron chi connectivity index (χ4n) is 6.44. The van der Waals surface area contributed by atoms with Crippen molar-refractivity contribution in [3.8, 4) is 0 Å². The third-order valence-electron chi connectivity index (χ3n) is 7.09. The molecule has 1 heterocycles. The van der Waals surface area contributed by atoms with Gasteiger partial charge in [0.1, 0.15) is 0 Å². The Morgan fingerprint density at radius 2 is 1.68 bits per heavy atom. The van der Waals surface area contributed by atoms with E-state index in [2.05, 4.69) is 46.4 Å². The Morgan fingerprint density at radius 1 is 0.955 bits per heavy atom. The summed E-state index contributed by atoms with van der Waals surface area (Å²) in [6.45, 7) is 15.9. The SMILES string of the molecule is CC(C)C1=C(C(C)C)[C@]2(CC1)CCN(C(C)C)[C@H]1CCC[C@H]12. The van der Waals surface area contributed by atoms with Gasteiger partial charge in [0, 0.05) is 12.1 Å². The Bertz CT molecular complexity index is 445. The summed E-state index contributed by atoms with van der Waals surface area (Å²) in [5.74, 6) is 2.43. The zero-order valence-corrected chi connectivity index (χ0v) is 15.8. The van der Waals surface area contributed by atoms with Crippen LogP contribution in [0, 0.1) is 23.2 Å². The van der Waals surface area contributed by atoms with Gasteiger partial charge in [-0.2, -0.15) is 0 Å². The van der Waals surface area contributed by atoms with Crippen molar-refractivity contribution in [2.24, 2.45) is 23.2 Å². The standard InChI is InChI=1S/C21H37N/c1-14(2)17-10-11-21(20(17)15(3)4)12-13-22(16(5)6)19-9-7-8-18(19)21/h14-16,18-19H,7-13H2,1-6H3/t18-,19+,21-/m1/s1. The van der Waals surface area contributed by atoms with E-state index in [0.717, 1.165) is 29.8 Å². The third-order valence-corrected chi connectivity index (χ3v) is 7.09. The van der Waals surface area contributed by atoms with Gasteiger partial charge in [0.15, 0.2) is 0 Å². The number of nitrogens with zero attached hydrogens (tertiary/aromatic N) is 1. The Hall–Kier alpha value is -0.300. The van der Waals surface area contributed by atoms with Crippen LogP contribution < -0.4 is 0 Å². The molecule has 0 N–H and O–H groups in total. The molecule has 22 heavy (non-hydrogen) atoms. The molecular weight excluding hydrogens is 266 g/mol. The molecule has 0 radical (unpaired) electrons. The number of hydrogen-bond acceptors (Lipinski definition) is 1. The normalized spacial score (nSPS) is 36.4. The van der Waals surface area contributed by atoms with Crippen molar-refractivity contribution in [3.63, 3.8) is 0 Å². The average Bonchev–Trinajstić information content (AvgIpc) is 3.04. The molecule has 1 saturated heterocycles. The minimum atomic E-state index is 0.570. The van der Waals surface area contributed by atoms with Crippen molar-refractivity contribution in [3.05, 3.63) is 11.1 Å². The van der Waals surface area contributed by atoms with Crippen molar-refractivity contribution < 1.29 is 0 Å². The summed E-state index contributed by atoms with van der Waals surface area (Å²) in [5, 5.41) is 0. The highest BCUT2D eigenvalue weighted by Gasteiger charge is 2.55. The van der Waals surface area contributed by atoms with Crippen LogP contribution in [0.1, 0.15) is 80.1 Å². The molecule has 3 atom stereocenters. The number of piperidine rings is 1. The highest BCUT2D eigenvalue weighted by atomic mass is 15.2. The van der Waals surface area contributed by atoms with Gasteiger partial charge in [-0.25, -0.2) is 0 Å². The molecule has 0 amide bonds. The second-order valence-corrected chi connectivity index (χ2v) is 9.09. The Kier molecular flexibility index (Phi) is 4.49. The van der Waals surface area contributed by atoms with Crippen LogP contribution in [-0.2, 0) is 0 Å². The van der Waals surface area contributed by atoms with Crippen LogP contribution in [-0.4, -0.2) is 23.5 Å². The van der Waals surface area contributed by atoms with Gasteiger partial charge in [0.05, 0.1) is 0 Å². The van der Waals surface area contributed by atoms with Crippen molar-refractivity contribution in [2.75, 3.05) is 6.54 Å². The third kappa shape index (κ3) is 2.39. The lowest BCUT2D eigenvalue weighted by Gasteiger charge is -2.52.